The Kier molecular flexibility index (Phi) is 5.17. The van der Waals surface area contributed by atoms with Gasteiger partial charge >= 0.3 is 0 Å². The van der Waals surface area contributed by atoms with Gasteiger partial charge in [0, 0.05) is 24.4 Å². The smallest absolute Gasteiger partial charge is 0.254 e. The van der Waals surface area contributed by atoms with Crippen LogP contribution in [-0.4, -0.2) is 37.4 Å². The third-order valence-electron chi connectivity index (χ3n) is 4.10. The molecule has 0 saturated carbocycles. The fraction of sp³-hybridized carbons (Fsp3) is 0.143. The Morgan fingerprint density at radius 2 is 1.73 bits per heavy atom. The summed E-state index contributed by atoms with van der Waals surface area (Å²) in [5, 5.41) is 4.65. The van der Waals surface area contributed by atoms with Gasteiger partial charge in [-0.25, -0.2) is 0 Å². The highest BCUT2D eigenvalue weighted by atomic mass is 16.5. The van der Waals surface area contributed by atoms with E-state index in [0.717, 1.165) is 10.8 Å². The summed E-state index contributed by atoms with van der Waals surface area (Å²) in [6.07, 6.45) is 0. The van der Waals surface area contributed by atoms with Crippen molar-refractivity contribution < 1.29 is 14.3 Å². The second-order valence-corrected chi connectivity index (χ2v) is 5.97. The Morgan fingerprint density at radius 3 is 2.54 bits per heavy atom. The summed E-state index contributed by atoms with van der Waals surface area (Å²) in [6, 6.07) is 20.4. The number of hydrogen-bond donors (Lipinski definition) is 1. The van der Waals surface area contributed by atoms with Crippen molar-refractivity contribution in [1.29, 1.82) is 0 Å². The summed E-state index contributed by atoms with van der Waals surface area (Å²) in [4.78, 5) is 26.5. The molecule has 0 atom stereocenters. The molecule has 0 aliphatic rings. The van der Waals surface area contributed by atoms with E-state index in [1.807, 2.05) is 36.4 Å². The fourth-order valence-corrected chi connectivity index (χ4v) is 2.81. The molecule has 1 N–H and O–H groups in total. The molecule has 0 saturated heterocycles. The van der Waals surface area contributed by atoms with Gasteiger partial charge in [0.1, 0.15) is 5.75 Å². The number of likely N-dealkylation sites (N-methyl/N-ethyl adjacent to an activating group) is 1. The van der Waals surface area contributed by atoms with Gasteiger partial charge in [0.15, 0.2) is 0 Å². The Balaban J connectivity index is 1.71. The SMILES string of the molecule is COc1cccc(NC(=O)CN(C)C(=O)c2cccc3ccccc23)c1. The number of hydrogen-bond acceptors (Lipinski definition) is 3. The van der Waals surface area contributed by atoms with Crippen molar-refractivity contribution in [3.05, 3.63) is 72.3 Å². The number of fused-ring (bicyclic) bond motifs is 1. The van der Waals surface area contributed by atoms with E-state index in [1.54, 1.807) is 44.5 Å². The van der Waals surface area contributed by atoms with Crippen LogP contribution in [-0.2, 0) is 4.79 Å². The lowest BCUT2D eigenvalue weighted by molar-refractivity contribution is -0.116. The fourth-order valence-electron chi connectivity index (χ4n) is 2.81. The zero-order chi connectivity index (χ0) is 18.5. The molecular weight excluding hydrogens is 328 g/mol. The zero-order valence-corrected chi connectivity index (χ0v) is 14.7. The average molecular weight is 348 g/mol. The maximum absolute atomic E-state index is 12.8. The van der Waals surface area contributed by atoms with E-state index < -0.39 is 0 Å². The van der Waals surface area contributed by atoms with E-state index in [0.29, 0.717) is 17.0 Å². The summed E-state index contributed by atoms with van der Waals surface area (Å²) in [5.41, 5.74) is 1.21. The molecule has 0 spiro atoms. The number of anilines is 1. The minimum absolute atomic E-state index is 0.0424. The van der Waals surface area contributed by atoms with Gasteiger partial charge in [-0.05, 0) is 29.0 Å². The van der Waals surface area contributed by atoms with Gasteiger partial charge in [0.05, 0.1) is 13.7 Å². The van der Waals surface area contributed by atoms with Crippen LogP contribution in [0, 0.1) is 0 Å². The van der Waals surface area contributed by atoms with E-state index in [2.05, 4.69) is 5.32 Å². The van der Waals surface area contributed by atoms with Crippen LogP contribution in [0.2, 0.25) is 0 Å². The Bertz CT molecular complexity index is 947. The van der Waals surface area contributed by atoms with Crippen molar-refractivity contribution in [3.8, 4) is 5.75 Å². The van der Waals surface area contributed by atoms with Crippen LogP contribution in [0.3, 0.4) is 0 Å². The van der Waals surface area contributed by atoms with Crippen LogP contribution >= 0.6 is 0 Å². The molecule has 132 valence electrons. The molecule has 0 fully saturated rings. The molecule has 0 aliphatic heterocycles. The number of carbonyl (C=O) groups is 2. The number of methoxy groups -OCH3 is 1. The summed E-state index contributed by atoms with van der Waals surface area (Å²) in [6.45, 7) is -0.0424. The predicted octanol–water partition coefficient (Wildman–Crippen LogP) is 3.56. The number of nitrogens with zero attached hydrogens (tertiary/aromatic N) is 1. The van der Waals surface area contributed by atoms with E-state index in [4.69, 9.17) is 4.74 Å². The normalized spacial score (nSPS) is 10.4. The molecule has 5 heteroatoms. The van der Waals surface area contributed by atoms with Gasteiger partial charge in [0.2, 0.25) is 5.91 Å². The molecule has 26 heavy (non-hydrogen) atoms. The second-order valence-electron chi connectivity index (χ2n) is 5.97. The molecule has 2 amide bonds. The maximum atomic E-state index is 12.8. The lowest BCUT2D eigenvalue weighted by Gasteiger charge is -2.18. The third-order valence-corrected chi connectivity index (χ3v) is 4.10. The number of rotatable bonds is 5. The van der Waals surface area contributed by atoms with Gasteiger partial charge in [-0.1, -0.05) is 42.5 Å². The van der Waals surface area contributed by atoms with Crippen molar-refractivity contribution in [2.45, 2.75) is 0 Å². The number of ether oxygens (including phenoxy) is 1. The molecule has 0 heterocycles. The quantitative estimate of drug-likeness (QED) is 0.767. The van der Waals surface area contributed by atoms with Gasteiger partial charge < -0.3 is 15.0 Å². The van der Waals surface area contributed by atoms with Crippen LogP contribution in [0.25, 0.3) is 10.8 Å². The van der Waals surface area contributed by atoms with Gasteiger partial charge in [0.25, 0.3) is 5.91 Å². The monoisotopic (exact) mass is 348 g/mol. The first-order valence-corrected chi connectivity index (χ1v) is 8.25. The summed E-state index contributed by atoms with van der Waals surface area (Å²) < 4.78 is 5.14. The molecule has 0 unspecified atom stereocenters. The second kappa shape index (κ2) is 7.70. The Labute approximate surface area is 152 Å². The Morgan fingerprint density at radius 1 is 1.00 bits per heavy atom. The number of amides is 2. The van der Waals surface area contributed by atoms with Crippen molar-refractivity contribution in [3.63, 3.8) is 0 Å². The summed E-state index contributed by atoms with van der Waals surface area (Å²) in [5.74, 6) is 0.194. The first kappa shape index (κ1) is 17.5. The van der Waals surface area contributed by atoms with E-state index in [9.17, 15) is 9.59 Å². The van der Waals surface area contributed by atoms with Crippen molar-refractivity contribution in [2.75, 3.05) is 26.0 Å². The topological polar surface area (TPSA) is 58.6 Å². The van der Waals surface area contributed by atoms with Crippen LogP contribution < -0.4 is 10.1 Å². The van der Waals surface area contributed by atoms with E-state index >= 15 is 0 Å². The molecule has 3 aromatic rings. The molecule has 0 bridgehead atoms. The molecule has 5 nitrogen and oxygen atoms in total. The Hall–Kier alpha value is -3.34. The highest BCUT2D eigenvalue weighted by molar-refractivity contribution is 6.08. The van der Waals surface area contributed by atoms with Gasteiger partial charge in [-0.15, -0.1) is 0 Å². The van der Waals surface area contributed by atoms with Crippen molar-refractivity contribution in [2.24, 2.45) is 0 Å². The van der Waals surface area contributed by atoms with Crippen LogP contribution in [0.15, 0.2) is 66.7 Å². The van der Waals surface area contributed by atoms with Crippen molar-refractivity contribution in [1.82, 2.24) is 4.90 Å². The number of nitrogens with one attached hydrogen (secondary N) is 1. The number of benzene rings is 3. The molecule has 3 aromatic carbocycles. The highest BCUT2D eigenvalue weighted by Gasteiger charge is 2.17. The summed E-state index contributed by atoms with van der Waals surface area (Å²) >= 11 is 0. The minimum Gasteiger partial charge on any atom is -0.497 e. The third kappa shape index (κ3) is 3.83. The largest absolute Gasteiger partial charge is 0.497 e. The maximum Gasteiger partial charge on any atom is 0.254 e. The first-order valence-electron chi connectivity index (χ1n) is 8.25. The van der Waals surface area contributed by atoms with Crippen molar-refractivity contribution >= 4 is 28.3 Å². The van der Waals surface area contributed by atoms with E-state index in [1.165, 1.54) is 4.90 Å². The molecular formula is C21H20N2O3. The number of carbonyl (C=O) groups excluding carboxylic acids is 2. The van der Waals surface area contributed by atoms with Crippen LogP contribution in [0.1, 0.15) is 10.4 Å². The highest BCUT2D eigenvalue weighted by Crippen LogP contribution is 2.20. The average Bonchev–Trinajstić information content (AvgIpc) is 2.67. The molecule has 3 rings (SSSR count). The van der Waals surface area contributed by atoms with Crippen LogP contribution in [0.5, 0.6) is 5.75 Å². The lowest BCUT2D eigenvalue weighted by atomic mass is 10.0. The molecule has 0 aromatic heterocycles. The zero-order valence-electron chi connectivity index (χ0n) is 14.7. The summed E-state index contributed by atoms with van der Waals surface area (Å²) in [7, 11) is 3.19. The molecule has 0 radical (unpaired) electrons. The standard InChI is InChI=1S/C21H20N2O3/c1-23(14-20(24)22-16-9-6-10-17(13-16)26-2)21(25)19-12-5-8-15-7-3-4-11-18(15)19/h3-13H,14H2,1-2H3,(H,22,24). The predicted molar refractivity (Wildman–Crippen MR) is 103 cm³/mol. The lowest BCUT2D eigenvalue weighted by Crippen LogP contribution is -2.35. The first-order chi connectivity index (χ1) is 12.6. The minimum atomic E-state index is -0.269. The molecule has 0 aliphatic carbocycles. The van der Waals surface area contributed by atoms with Gasteiger partial charge in [-0.3, -0.25) is 9.59 Å². The van der Waals surface area contributed by atoms with Crippen LogP contribution in [0.4, 0.5) is 5.69 Å². The van der Waals surface area contributed by atoms with Gasteiger partial charge in [-0.2, -0.15) is 0 Å². The van der Waals surface area contributed by atoms with E-state index in [-0.39, 0.29) is 18.4 Å².